The maximum absolute atomic E-state index is 11.8. The third-order valence-electron chi connectivity index (χ3n) is 2.65. The molecule has 0 atom stereocenters. The fraction of sp³-hybridized carbons (Fsp3) is 0.0769. The van der Waals surface area contributed by atoms with Crippen LogP contribution in [-0.2, 0) is 9.59 Å². The Balaban J connectivity index is 2.24. The van der Waals surface area contributed by atoms with Gasteiger partial charge < -0.3 is 5.11 Å². The molecule has 0 radical (unpaired) electrons. The maximum Gasteiger partial charge on any atom is 0.339 e. The molecular formula is C13H10BrN3O3S. The third kappa shape index (κ3) is 3.01. The average molecular weight is 368 g/mol. The first-order valence-corrected chi connectivity index (χ1v) is 6.99. The molecule has 0 aliphatic carbocycles. The quantitative estimate of drug-likeness (QED) is 0.380. The minimum Gasteiger partial charge on any atom is -0.507 e. The summed E-state index contributed by atoms with van der Waals surface area (Å²) in [6, 6.07) is 4.80. The van der Waals surface area contributed by atoms with Crippen LogP contribution in [0.5, 0.6) is 5.75 Å². The van der Waals surface area contributed by atoms with Gasteiger partial charge in [0.25, 0.3) is 0 Å². The summed E-state index contributed by atoms with van der Waals surface area (Å²) in [5.41, 5.74) is 0.392. The first-order valence-electron chi connectivity index (χ1n) is 5.79. The van der Waals surface area contributed by atoms with Gasteiger partial charge in [0, 0.05) is 16.6 Å². The van der Waals surface area contributed by atoms with Crippen molar-refractivity contribution in [1.29, 1.82) is 0 Å². The number of thiocarbonyl (C=S) groups is 1. The van der Waals surface area contributed by atoms with Crippen molar-refractivity contribution in [2.45, 2.75) is 0 Å². The van der Waals surface area contributed by atoms with Gasteiger partial charge in [0.2, 0.25) is 5.11 Å². The Morgan fingerprint density at radius 1 is 1.38 bits per heavy atom. The van der Waals surface area contributed by atoms with E-state index in [1.807, 2.05) is 0 Å². The molecule has 1 aromatic carbocycles. The van der Waals surface area contributed by atoms with E-state index in [0.717, 1.165) is 9.91 Å². The summed E-state index contributed by atoms with van der Waals surface area (Å²) in [6.45, 7) is 3.64. The van der Waals surface area contributed by atoms with Crippen LogP contribution in [0.15, 0.2) is 40.4 Å². The fourth-order valence-corrected chi connectivity index (χ4v) is 2.27. The average Bonchev–Trinajstić information content (AvgIpc) is 2.63. The molecule has 1 fully saturated rings. The van der Waals surface area contributed by atoms with Crippen molar-refractivity contribution in [3.05, 3.63) is 40.9 Å². The van der Waals surface area contributed by atoms with E-state index in [1.165, 1.54) is 18.4 Å². The lowest BCUT2D eigenvalue weighted by molar-refractivity contribution is -0.143. The van der Waals surface area contributed by atoms with Crippen molar-refractivity contribution in [2.75, 3.05) is 6.54 Å². The van der Waals surface area contributed by atoms with Gasteiger partial charge in [-0.1, -0.05) is 22.0 Å². The molecule has 8 heteroatoms. The molecule has 1 N–H and O–H groups in total. The van der Waals surface area contributed by atoms with Crippen LogP contribution < -0.4 is 0 Å². The molecule has 1 aromatic rings. The third-order valence-corrected chi connectivity index (χ3v) is 3.54. The van der Waals surface area contributed by atoms with Gasteiger partial charge in [0.1, 0.15) is 5.75 Å². The molecule has 2 rings (SSSR count). The van der Waals surface area contributed by atoms with Crippen molar-refractivity contribution >= 4 is 51.3 Å². The minimum absolute atomic E-state index is 0.0139. The van der Waals surface area contributed by atoms with Gasteiger partial charge >= 0.3 is 11.8 Å². The first kappa shape index (κ1) is 15.3. The van der Waals surface area contributed by atoms with E-state index in [2.05, 4.69) is 27.6 Å². The SMILES string of the molecule is C=CCN1C(=O)C(=O)N(/N=C/c2ccc(Br)cc2O)C1=S. The van der Waals surface area contributed by atoms with E-state index in [4.69, 9.17) is 12.2 Å². The zero-order valence-electron chi connectivity index (χ0n) is 10.7. The number of amides is 2. The smallest absolute Gasteiger partial charge is 0.339 e. The highest BCUT2D eigenvalue weighted by atomic mass is 79.9. The lowest BCUT2D eigenvalue weighted by Crippen LogP contribution is -2.31. The number of phenolic OH excluding ortho intramolecular Hbond substituents is 1. The lowest BCUT2D eigenvalue weighted by atomic mass is 10.2. The lowest BCUT2D eigenvalue weighted by Gasteiger charge is -2.12. The Morgan fingerprint density at radius 3 is 2.71 bits per heavy atom. The van der Waals surface area contributed by atoms with Crippen molar-refractivity contribution < 1.29 is 14.7 Å². The summed E-state index contributed by atoms with van der Waals surface area (Å²) in [6.07, 6.45) is 2.72. The Kier molecular flexibility index (Phi) is 4.49. The maximum atomic E-state index is 11.8. The second kappa shape index (κ2) is 6.15. The topological polar surface area (TPSA) is 73.2 Å². The van der Waals surface area contributed by atoms with E-state index < -0.39 is 11.8 Å². The van der Waals surface area contributed by atoms with Crippen LogP contribution in [0.4, 0.5) is 0 Å². The molecule has 0 unspecified atom stereocenters. The van der Waals surface area contributed by atoms with Crippen LogP contribution >= 0.6 is 28.1 Å². The number of phenols is 1. The van der Waals surface area contributed by atoms with Gasteiger partial charge in [0.05, 0.1) is 6.21 Å². The van der Waals surface area contributed by atoms with E-state index >= 15 is 0 Å². The molecule has 1 aliphatic heterocycles. The van der Waals surface area contributed by atoms with Gasteiger partial charge in [-0.3, -0.25) is 14.5 Å². The van der Waals surface area contributed by atoms with Crippen LogP contribution in [0, 0.1) is 0 Å². The highest BCUT2D eigenvalue weighted by Gasteiger charge is 2.41. The monoisotopic (exact) mass is 367 g/mol. The van der Waals surface area contributed by atoms with Crippen LogP contribution in [0.25, 0.3) is 0 Å². The number of hydrogen-bond acceptors (Lipinski definition) is 5. The predicted molar refractivity (Wildman–Crippen MR) is 84.8 cm³/mol. The molecule has 0 spiro atoms. The van der Waals surface area contributed by atoms with Gasteiger partial charge in [0.15, 0.2) is 0 Å². The normalized spacial score (nSPS) is 15.4. The summed E-state index contributed by atoms with van der Waals surface area (Å²) in [5.74, 6) is -1.60. The van der Waals surface area contributed by atoms with Gasteiger partial charge in [-0.25, -0.2) is 0 Å². The van der Waals surface area contributed by atoms with Crippen molar-refractivity contribution in [3.63, 3.8) is 0 Å². The zero-order valence-corrected chi connectivity index (χ0v) is 13.1. The highest BCUT2D eigenvalue weighted by molar-refractivity contribution is 9.10. The van der Waals surface area contributed by atoms with Crippen LogP contribution in [0.3, 0.4) is 0 Å². The van der Waals surface area contributed by atoms with Gasteiger partial charge in [-0.15, -0.1) is 6.58 Å². The second-order valence-electron chi connectivity index (χ2n) is 4.05. The number of rotatable bonds is 4. The Bertz CT molecular complexity index is 675. The van der Waals surface area contributed by atoms with E-state index in [-0.39, 0.29) is 17.4 Å². The van der Waals surface area contributed by atoms with Crippen LogP contribution in [0.1, 0.15) is 5.56 Å². The number of benzene rings is 1. The van der Waals surface area contributed by atoms with Crippen molar-refractivity contribution in [2.24, 2.45) is 5.10 Å². The standard InChI is InChI=1S/C13H10BrN3O3S/c1-2-5-16-11(19)12(20)17(13(16)21)15-7-8-3-4-9(14)6-10(8)18/h2-4,6-7,18H,1,5H2/b15-7+. The van der Waals surface area contributed by atoms with Gasteiger partial charge in [-0.2, -0.15) is 10.1 Å². The number of nitrogens with zero attached hydrogens (tertiary/aromatic N) is 3. The van der Waals surface area contributed by atoms with Crippen molar-refractivity contribution in [1.82, 2.24) is 9.91 Å². The molecule has 0 bridgehead atoms. The molecule has 2 amide bonds. The zero-order chi connectivity index (χ0) is 15.6. The number of carbonyl (C=O) groups excluding carboxylic acids is 2. The van der Waals surface area contributed by atoms with Crippen LogP contribution in [0.2, 0.25) is 0 Å². The first-order chi connectivity index (χ1) is 9.95. The minimum atomic E-state index is -0.838. The van der Waals surface area contributed by atoms with E-state index in [1.54, 1.807) is 12.1 Å². The summed E-state index contributed by atoms with van der Waals surface area (Å²) in [5, 5.41) is 14.4. The predicted octanol–water partition coefficient (Wildman–Crippen LogP) is 1.63. The van der Waals surface area contributed by atoms with Gasteiger partial charge in [-0.05, 0) is 30.4 Å². The molecule has 0 aromatic heterocycles. The summed E-state index contributed by atoms with van der Waals surface area (Å²) >= 11 is 8.24. The number of hydrogen-bond donors (Lipinski definition) is 1. The largest absolute Gasteiger partial charge is 0.507 e. The number of aromatic hydroxyl groups is 1. The Hall–Kier alpha value is -2.06. The van der Waals surface area contributed by atoms with E-state index in [0.29, 0.717) is 10.0 Å². The summed E-state index contributed by atoms with van der Waals surface area (Å²) in [7, 11) is 0. The number of halogens is 1. The Labute approximate surface area is 134 Å². The fourth-order valence-electron chi connectivity index (χ4n) is 1.63. The molecule has 1 heterocycles. The van der Waals surface area contributed by atoms with E-state index in [9.17, 15) is 14.7 Å². The molecule has 1 saturated heterocycles. The summed E-state index contributed by atoms with van der Waals surface area (Å²) < 4.78 is 0.706. The molecule has 108 valence electrons. The summed E-state index contributed by atoms with van der Waals surface area (Å²) in [4.78, 5) is 24.6. The Morgan fingerprint density at radius 2 is 2.10 bits per heavy atom. The molecule has 0 saturated carbocycles. The van der Waals surface area contributed by atoms with Crippen molar-refractivity contribution in [3.8, 4) is 5.75 Å². The molecule has 1 aliphatic rings. The molecular weight excluding hydrogens is 358 g/mol. The molecule has 21 heavy (non-hydrogen) atoms. The number of carbonyl (C=O) groups is 2. The highest BCUT2D eigenvalue weighted by Crippen LogP contribution is 2.21. The molecule has 6 nitrogen and oxygen atoms in total. The van der Waals surface area contributed by atoms with Crippen LogP contribution in [-0.4, -0.2) is 44.7 Å². The number of hydrazone groups is 1. The second-order valence-corrected chi connectivity index (χ2v) is 5.33.